The van der Waals surface area contributed by atoms with E-state index in [0.717, 1.165) is 13.8 Å². The number of hydrogen-bond donors (Lipinski definition) is 4. The zero-order valence-corrected chi connectivity index (χ0v) is 10.0. The number of hydrogen-bond acceptors (Lipinski definition) is 4. The van der Waals surface area contributed by atoms with Crippen molar-refractivity contribution in [2.24, 2.45) is 0 Å². The molecule has 1 aliphatic heterocycles. The lowest BCUT2D eigenvalue weighted by atomic mass is 10.2. The van der Waals surface area contributed by atoms with Crippen molar-refractivity contribution >= 4 is 11.9 Å². The van der Waals surface area contributed by atoms with E-state index in [2.05, 4.69) is 10.6 Å². The lowest BCUT2D eigenvalue weighted by Gasteiger charge is -2.26. The summed E-state index contributed by atoms with van der Waals surface area (Å²) in [5, 5.41) is 19.9. The standard InChI is InChI=1S/C5H9F3N2.2C2H4O2/c6-5(7,8)4-3-9-1-2-10-4;2*1-2(3)4/h4,9-10H,1-3H2;2*1H3,(H,3,4). The smallest absolute Gasteiger partial charge is 0.405 e. The molecule has 0 aromatic carbocycles. The van der Waals surface area contributed by atoms with Crippen LogP contribution >= 0.6 is 0 Å². The Labute approximate surface area is 102 Å². The Hall–Kier alpha value is -1.35. The first-order valence-corrected chi connectivity index (χ1v) is 4.97. The molecule has 1 saturated heterocycles. The summed E-state index contributed by atoms with van der Waals surface area (Å²) in [6, 6.07) is -1.36. The van der Waals surface area contributed by atoms with Gasteiger partial charge in [-0.1, -0.05) is 0 Å². The van der Waals surface area contributed by atoms with Crippen molar-refractivity contribution < 1.29 is 33.0 Å². The molecular formula is C9H17F3N2O4. The van der Waals surface area contributed by atoms with Gasteiger partial charge in [0.25, 0.3) is 11.9 Å². The fraction of sp³-hybridized carbons (Fsp3) is 0.778. The number of piperazine rings is 1. The van der Waals surface area contributed by atoms with Gasteiger partial charge in [0.1, 0.15) is 6.04 Å². The summed E-state index contributed by atoms with van der Waals surface area (Å²) in [7, 11) is 0. The van der Waals surface area contributed by atoms with E-state index in [1.807, 2.05) is 0 Å². The highest BCUT2D eigenvalue weighted by molar-refractivity contribution is 5.63. The number of carboxylic acids is 2. The minimum Gasteiger partial charge on any atom is -0.481 e. The summed E-state index contributed by atoms with van der Waals surface area (Å²) < 4.78 is 35.5. The van der Waals surface area contributed by atoms with E-state index in [1.165, 1.54) is 0 Å². The molecule has 18 heavy (non-hydrogen) atoms. The molecule has 6 nitrogen and oxygen atoms in total. The molecule has 1 fully saturated rings. The molecule has 0 aromatic heterocycles. The molecule has 0 aromatic rings. The molecule has 0 aliphatic carbocycles. The van der Waals surface area contributed by atoms with E-state index in [4.69, 9.17) is 19.8 Å². The Morgan fingerprint density at radius 1 is 1.11 bits per heavy atom. The maximum Gasteiger partial charge on any atom is 0.405 e. The van der Waals surface area contributed by atoms with E-state index in [1.54, 1.807) is 0 Å². The van der Waals surface area contributed by atoms with Crippen LogP contribution in [0.4, 0.5) is 13.2 Å². The molecule has 0 bridgehead atoms. The molecule has 9 heteroatoms. The number of carboxylic acid groups (broad SMARTS) is 2. The number of nitrogens with one attached hydrogen (secondary N) is 2. The fourth-order valence-corrected chi connectivity index (χ4v) is 0.885. The average Bonchev–Trinajstić information content (AvgIpc) is 2.16. The maximum atomic E-state index is 11.8. The highest BCUT2D eigenvalue weighted by Crippen LogP contribution is 2.19. The third-order valence-corrected chi connectivity index (χ3v) is 1.44. The second-order valence-electron chi connectivity index (χ2n) is 3.29. The fourth-order valence-electron chi connectivity index (χ4n) is 0.885. The monoisotopic (exact) mass is 274 g/mol. The number of halogens is 3. The molecule has 0 spiro atoms. The van der Waals surface area contributed by atoms with Gasteiger partial charge in [-0.2, -0.15) is 13.2 Å². The Kier molecular flexibility index (Phi) is 10.2. The van der Waals surface area contributed by atoms with Crippen molar-refractivity contribution in [2.75, 3.05) is 19.6 Å². The van der Waals surface area contributed by atoms with Crippen LogP contribution in [0.25, 0.3) is 0 Å². The zero-order valence-electron chi connectivity index (χ0n) is 10.0. The number of aliphatic carboxylic acids is 2. The molecule has 1 aliphatic rings. The number of alkyl halides is 3. The lowest BCUT2D eigenvalue weighted by Crippen LogP contribution is -2.55. The van der Waals surface area contributed by atoms with Crippen LogP contribution in [0.2, 0.25) is 0 Å². The first kappa shape index (κ1) is 19.0. The predicted molar refractivity (Wildman–Crippen MR) is 57.3 cm³/mol. The topological polar surface area (TPSA) is 98.7 Å². The molecule has 0 saturated carbocycles. The van der Waals surface area contributed by atoms with Gasteiger partial charge in [-0.15, -0.1) is 0 Å². The SMILES string of the molecule is CC(=O)O.CC(=O)O.FC(F)(F)C1CNCCN1. The van der Waals surface area contributed by atoms with Gasteiger partial charge < -0.3 is 20.8 Å². The van der Waals surface area contributed by atoms with Crippen LogP contribution in [0.1, 0.15) is 13.8 Å². The first-order chi connectivity index (χ1) is 8.07. The molecule has 0 amide bonds. The van der Waals surface area contributed by atoms with Crippen LogP contribution in [-0.2, 0) is 9.59 Å². The van der Waals surface area contributed by atoms with E-state index >= 15 is 0 Å². The third-order valence-electron chi connectivity index (χ3n) is 1.44. The first-order valence-electron chi connectivity index (χ1n) is 4.97. The molecule has 1 unspecified atom stereocenters. The van der Waals surface area contributed by atoms with Crippen LogP contribution in [0.15, 0.2) is 0 Å². The highest BCUT2D eigenvalue weighted by Gasteiger charge is 2.39. The minimum absolute atomic E-state index is 0.0104. The summed E-state index contributed by atoms with van der Waals surface area (Å²) in [4.78, 5) is 18.0. The van der Waals surface area contributed by atoms with Crippen LogP contribution in [0.3, 0.4) is 0 Å². The van der Waals surface area contributed by atoms with E-state index in [-0.39, 0.29) is 6.54 Å². The second kappa shape index (κ2) is 9.66. The van der Waals surface area contributed by atoms with Crippen molar-refractivity contribution in [3.8, 4) is 0 Å². The van der Waals surface area contributed by atoms with Gasteiger partial charge in [0, 0.05) is 33.5 Å². The second-order valence-corrected chi connectivity index (χ2v) is 3.29. The largest absolute Gasteiger partial charge is 0.481 e. The summed E-state index contributed by atoms with van der Waals surface area (Å²) in [5.41, 5.74) is 0. The third kappa shape index (κ3) is 17.1. The van der Waals surface area contributed by atoms with Crippen molar-refractivity contribution in [1.29, 1.82) is 0 Å². The Balaban J connectivity index is 0. The van der Waals surface area contributed by atoms with Gasteiger partial charge in [0.05, 0.1) is 0 Å². The molecule has 1 rings (SSSR count). The van der Waals surface area contributed by atoms with Crippen molar-refractivity contribution in [3.05, 3.63) is 0 Å². The normalized spacial score (nSPS) is 18.6. The summed E-state index contributed by atoms with van der Waals surface area (Å²) >= 11 is 0. The number of carbonyl (C=O) groups is 2. The lowest BCUT2D eigenvalue weighted by molar-refractivity contribution is -0.157. The van der Waals surface area contributed by atoms with E-state index in [0.29, 0.717) is 13.1 Å². The molecule has 1 heterocycles. The van der Waals surface area contributed by atoms with Crippen molar-refractivity contribution in [2.45, 2.75) is 26.1 Å². The van der Waals surface area contributed by atoms with E-state index < -0.39 is 24.2 Å². The Bertz CT molecular complexity index is 233. The Morgan fingerprint density at radius 3 is 1.67 bits per heavy atom. The molecule has 0 radical (unpaired) electrons. The summed E-state index contributed by atoms with van der Waals surface area (Å²) in [6.07, 6.45) is -4.10. The highest BCUT2D eigenvalue weighted by atomic mass is 19.4. The van der Waals surface area contributed by atoms with Crippen molar-refractivity contribution in [3.63, 3.8) is 0 Å². The summed E-state index contributed by atoms with van der Waals surface area (Å²) in [6.45, 7) is 3.17. The van der Waals surface area contributed by atoms with Crippen molar-refractivity contribution in [1.82, 2.24) is 10.6 Å². The van der Waals surface area contributed by atoms with Crippen LogP contribution in [0, 0.1) is 0 Å². The molecular weight excluding hydrogens is 257 g/mol. The summed E-state index contributed by atoms with van der Waals surface area (Å²) in [5.74, 6) is -1.67. The molecule has 108 valence electrons. The Morgan fingerprint density at radius 2 is 1.50 bits per heavy atom. The minimum atomic E-state index is -4.10. The van der Waals surface area contributed by atoms with Gasteiger partial charge >= 0.3 is 6.18 Å². The molecule has 4 N–H and O–H groups in total. The van der Waals surface area contributed by atoms with Gasteiger partial charge in [0.15, 0.2) is 0 Å². The van der Waals surface area contributed by atoms with Gasteiger partial charge in [-0.3, -0.25) is 9.59 Å². The quantitative estimate of drug-likeness (QED) is 0.507. The average molecular weight is 274 g/mol. The van der Waals surface area contributed by atoms with Gasteiger partial charge in [0.2, 0.25) is 0 Å². The maximum absolute atomic E-state index is 11.8. The van der Waals surface area contributed by atoms with E-state index in [9.17, 15) is 13.2 Å². The number of rotatable bonds is 0. The zero-order chi connectivity index (χ0) is 14.8. The molecule has 1 atom stereocenters. The van der Waals surface area contributed by atoms with Crippen LogP contribution in [0.5, 0.6) is 0 Å². The van der Waals surface area contributed by atoms with Gasteiger partial charge in [-0.05, 0) is 0 Å². The van der Waals surface area contributed by atoms with Gasteiger partial charge in [-0.25, -0.2) is 0 Å². The predicted octanol–water partition coefficient (Wildman–Crippen LogP) is 0.292. The van der Waals surface area contributed by atoms with Crippen LogP contribution in [-0.4, -0.2) is 54.0 Å². The van der Waals surface area contributed by atoms with Crippen LogP contribution < -0.4 is 10.6 Å².